The molecule has 3 rings (SSSR count). The van der Waals surface area contributed by atoms with Gasteiger partial charge in [-0.15, -0.1) is 6.42 Å². The lowest BCUT2D eigenvalue weighted by molar-refractivity contribution is -0.122. The first-order valence-corrected chi connectivity index (χ1v) is 9.19. The van der Waals surface area contributed by atoms with Crippen LogP contribution in [0.25, 0.3) is 6.08 Å². The fraction of sp³-hybridized carbons (Fsp3) is 0.105. The van der Waals surface area contributed by atoms with Gasteiger partial charge in [0.2, 0.25) is 0 Å². The van der Waals surface area contributed by atoms with E-state index in [4.69, 9.17) is 35.0 Å². The van der Waals surface area contributed by atoms with Crippen molar-refractivity contribution >= 4 is 51.9 Å². The van der Waals surface area contributed by atoms with Gasteiger partial charge >= 0.3 is 0 Å². The van der Waals surface area contributed by atoms with Crippen LogP contribution in [0.1, 0.15) is 11.1 Å². The van der Waals surface area contributed by atoms with E-state index >= 15 is 0 Å². The number of carbonyl (C=O) groups excluding carboxylic acids is 1. The molecule has 1 aromatic carbocycles. The highest BCUT2D eigenvalue weighted by Crippen LogP contribution is 2.34. The summed E-state index contributed by atoms with van der Waals surface area (Å²) in [7, 11) is 0. The molecule has 1 aromatic heterocycles. The molecule has 2 heterocycles. The highest BCUT2D eigenvalue weighted by Gasteiger charge is 2.32. The maximum Gasteiger partial charge on any atom is 0.266 e. The number of hydrogen-bond acceptors (Lipinski definition) is 5. The van der Waals surface area contributed by atoms with Crippen molar-refractivity contribution in [2.75, 3.05) is 6.61 Å². The summed E-state index contributed by atoms with van der Waals surface area (Å²) in [5.74, 6) is 2.76. The van der Waals surface area contributed by atoms with E-state index in [1.54, 1.807) is 35.5 Å². The van der Waals surface area contributed by atoms with Crippen LogP contribution in [0, 0.1) is 12.3 Å². The summed E-state index contributed by atoms with van der Waals surface area (Å²) in [6.07, 6.45) is 10.3. The number of pyridine rings is 1. The van der Waals surface area contributed by atoms with Gasteiger partial charge in [-0.2, -0.15) is 0 Å². The standard InChI is InChI=1S/C19H13ClN2O2S2/c1-2-8-24-16-6-5-13(9-15(16)20)10-17-18(23)22(19(25)26-17)12-14-4-3-7-21-11-14/h1,3-7,9-11H,8,12H2. The van der Waals surface area contributed by atoms with Gasteiger partial charge in [-0.25, -0.2) is 0 Å². The Morgan fingerprint density at radius 1 is 1.42 bits per heavy atom. The van der Waals surface area contributed by atoms with Crippen molar-refractivity contribution < 1.29 is 9.53 Å². The second-order valence-corrected chi connectivity index (χ2v) is 7.39. The first-order chi connectivity index (χ1) is 12.6. The van der Waals surface area contributed by atoms with E-state index in [1.807, 2.05) is 18.2 Å². The molecular weight excluding hydrogens is 388 g/mol. The van der Waals surface area contributed by atoms with Crippen molar-refractivity contribution in [1.29, 1.82) is 0 Å². The van der Waals surface area contributed by atoms with Crippen molar-refractivity contribution in [3.05, 3.63) is 63.8 Å². The highest BCUT2D eigenvalue weighted by molar-refractivity contribution is 8.26. The van der Waals surface area contributed by atoms with Crippen molar-refractivity contribution in [3.63, 3.8) is 0 Å². The SMILES string of the molecule is C#CCOc1ccc(C=C2SC(=S)N(Cc3cccnc3)C2=O)cc1Cl. The Hall–Kier alpha value is -2.33. The molecule has 1 aliphatic rings. The number of nitrogens with zero attached hydrogens (tertiary/aromatic N) is 2. The average Bonchev–Trinajstić information content (AvgIpc) is 2.89. The average molecular weight is 401 g/mol. The van der Waals surface area contributed by atoms with Crippen LogP contribution in [-0.2, 0) is 11.3 Å². The zero-order chi connectivity index (χ0) is 18.5. The normalized spacial score (nSPS) is 15.4. The number of carbonyl (C=O) groups is 1. The molecule has 0 bridgehead atoms. The minimum Gasteiger partial charge on any atom is -0.479 e. The molecule has 0 unspecified atom stereocenters. The molecule has 1 fully saturated rings. The van der Waals surface area contributed by atoms with E-state index < -0.39 is 0 Å². The maximum absolute atomic E-state index is 12.7. The number of aromatic nitrogens is 1. The third kappa shape index (κ3) is 4.25. The summed E-state index contributed by atoms with van der Waals surface area (Å²) in [6, 6.07) is 8.99. The molecule has 0 aliphatic carbocycles. The topological polar surface area (TPSA) is 42.4 Å². The zero-order valence-corrected chi connectivity index (χ0v) is 15.9. The van der Waals surface area contributed by atoms with Gasteiger partial charge in [-0.1, -0.05) is 53.6 Å². The third-order valence-corrected chi connectivity index (χ3v) is 5.17. The van der Waals surface area contributed by atoms with Gasteiger partial charge in [0, 0.05) is 12.4 Å². The van der Waals surface area contributed by atoms with Crippen molar-refractivity contribution in [1.82, 2.24) is 9.88 Å². The van der Waals surface area contributed by atoms with Gasteiger partial charge in [0.15, 0.2) is 0 Å². The van der Waals surface area contributed by atoms with E-state index in [0.717, 1.165) is 11.1 Å². The van der Waals surface area contributed by atoms with E-state index in [2.05, 4.69) is 10.9 Å². The fourth-order valence-corrected chi connectivity index (χ4v) is 3.80. The molecule has 0 N–H and O–H groups in total. The Labute approximate surface area is 166 Å². The van der Waals surface area contributed by atoms with Crippen LogP contribution in [-0.4, -0.2) is 26.7 Å². The predicted molar refractivity (Wildman–Crippen MR) is 109 cm³/mol. The molecule has 2 aromatic rings. The second-order valence-electron chi connectivity index (χ2n) is 5.31. The van der Waals surface area contributed by atoms with Crippen molar-refractivity contribution in [2.45, 2.75) is 6.54 Å². The number of thiocarbonyl (C=S) groups is 1. The molecular formula is C19H13ClN2O2S2. The van der Waals surface area contributed by atoms with Crippen LogP contribution in [0.15, 0.2) is 47.6 Å². The van der Waals surface area contributed by atoms with Gasteiger partial charge in [0.05, 0.1) is 16.5 Å². The summed E-state index contributed by atoms with van der Waals surface area (Å²) in [4.78, 5) is 18.8. The van der Waals surface area contributed by atoms with E-state index in [0.29, 0.717) is 26.5 Å². The molecule has 0 saturated carbocycles. The number of halogens is 1. The minimum absolute atomic E-state index is 0.132. The second kappa shape index (κ2) is 8.37. The Kier molecular flexibility index (Phi) is 5.94. The molecule has 0 radical (unpaired) electrons. The number of hydrogen-bond donors (Lipinski definition) is 0. The van der Waals surface area contributed by atoms with Gasteiger partial charge in [-0.05, 0) is 35.4 Å². The molecule has 1 aliphatic heterocycles. The highest BCUT2D eigenvalue weighted by atomic mass is 35.5. The molecule has 1 amide bonds. The fourth-order valence-electron chi connectivity index (χ4n) is 2.31. The Morgan fingerprint density at radius 2 is 2.27 bits per heavy atom. The summed E-state index contributed by atoms with van der Waals surface area (Å²) in [5.41, 5.74) is 1.70. The van der Waals surface area contributed by atoms with Crippen LogP contribution in [0.3, 0.4) is 0 Å². The van der Waals surface area contributed by atoms with E-state index in [1.165, 1.54) is 11.8 Å². The molecule has 0 spiro atoms. The van der Waals surface area contributed by atoms with Gasteiger partial charge in [0.1, 0.15) is 16.7 Å². The lowest BCUT2D eigenvalue weighted by atomic mass is 10.2. The predicted octanol–water partition coefficient (Wildman–Crippen LogP) is 4.15. The number of terminal acetylenes is 1. The van der Waals surface area contributed by atoms with Crippen LogP contribution in [0.5, 0.6) is 5.75 Å². The van der Waals surface area contributed by atoms with Crippen LogP contribution in [0.2, 0.25) is 5.02 Å². The molecule has 0 atom stereocenters. The number of ether oxygens (including phenoxy) is 1. The smallest absolute Gasteiger partial charge is 0.266 e. The molecule has 1 saturated heterocycles. The first kappa shape index (κ1) is 18.5. The summed E-state index contributed by atoms with van der Waals surface area (Å²) < 4.78 is 5.86. The molecule has 7 heteroatoms. The Morgan fingerprint density at radius 3 is 2.96 bits per heavy atom. The van der Waals surface area contributed by atoms with E-state index in [-0.39, 0.29) is 12.5 Å². The van der Waals surface area contributed by atoms with Crippen molar-refractivity contribution in [3.8, 4) is 18.1 Å². The molecule has 26 heavy (non-hydrogen) atoms. The largest absolute Gasteiger partial charge is 0.479 e. The van der Waals surface area contributed by atoms with Crippen LogP contribution in [0.4, 0.5) is 0 Å². The third-order valence-electron chi connectivity index (χ3n) is 3.50. The Balaban J connectivity index is 1.77. The number of benzene rings is 1. The molecule has 130 valence electrons. The quantitative estimate of drug-likeness (QED) is 0.428. The maximum atomic E-state index is 12.7. The van der Waals surface area contributed by atoms with Crippen LogP contribution < -0.4 is 4.74 Å². The van der Waals surface area contributed by atoms with Gasteiger partial charge in [-0.3, -0.25) is 14.7 Å². The summed E-state index contributed by atoms with van der Waals surface area (Å²) in [6.45, 7) is 0.543. The zero-order valence-electron chi connectivity index (χ0n) is 13.5. The lowest BCUT2D eigenvalue weighted by Crippen LogP contribution is -2.27. The van der Waals surface area contributed by atoms with Gasteiger partial charge < -0.3 is 4.74 Å². The number of amides is 1. The minimum atomic E-state index is -0.132. The van der Waals surface area contributed by atoms with Crippen LogP contribution >= 0.6 is 35.6 Å². The van der Waals surface area contributed by atoms with Crippen molar-refractivity contribution in [2.24, 2.45) is 0 Å². The number of rotatable bonds is 5. The monoisotopic (exact) mass is 400 g/mol. The summed E-state index contributed by atoms with van der Waals surface area (Å²) >= 11 is 12.8. The first-order valence-electron chi connectivity index (χ1n) is 7.58. The van der Waals surface area contributed by atoms with Gasteiger partial charge in [0.25, 0.3) is 5.91 Å². The summed E-state index contributed by atoms with van der Waals surface area (Å²) in [5, 5.41) is 0.430. The molecule has 4 nitrogen and oxygen atoms in total. The Bertz CT molecular complexity index is 923. The van der Waals surface area contributed by atoms with E-state index in [9.17, 15) is 4.79 Å². The lowest BCUT2D eigenvalue weighted by Gasteiger charge is -2.13. The number of thioether (sulfide) groups is 1.